The molecule has 4 bridgehead atoms. The lowest BCUT2D eigenvalue weighted by atomic mass is 10.1. The van der Waals surface area contributed by atoms with Crippen molar-refractivity contribution < 1.29 is 8.78 Å². The first-order chi connectivity index (χ1) is 4.57. The van der Waals surface area contributed by atoms with E-state index in [4.69, 9.17) is 5.73 Å². The van der Waals surface area contributed by atoms with Crippen molar-refractivity contribution in [3.05, 3.63) is 0 Å². The van der Waals surface area contributed by atoms with Crippen molar-refractivity contribution >= 4 is 0 Å². The summed E-state index contributed by atoms with van der Waals surface area (Å²) in [5.74, 6) is -3.04. The minimum Gasteiger partial charge on any atom is -0.324 e. The molecule has 0 aliphatic heterocycles. The zero-order valence-electron chi connectivity index (χ0n) is 5.48. The fourth-order valence-electron chi connectivity index (χ4n) is 3.16. The molecule has 0 saturated heterocycles. The van der Waals surface area contributed by atoms with Crippen molar-refractivity contribution in [2.75, 3.05) is 0 Å². The molecule has 4 aliphatic carbocycles. The van der Waals surface area contributed by atoms with Crippen molar-refractivity contribution in [1.29, 1.82) is 0 Å². The molecule has 0 radical (unpaired) electrons. The van der Waals surface area contributed by atoms with E-state index >= 15 is 0 Å². The molecule has 0 aromatic rings. The van der Waals surface area contributed by atoms with Crippen molar-refractivity contribution in [3.8, 4) is 0 Å². The van der Waals surface area contributed by atoms with Crippen LogP contribution >= 0.6 is 0 Å². The highest BCUT2D eigenvalue weighted by Gasteiger charge is 2.85. The van der Waals surface area contributed by atoms with Crippen LogP contribution in [0.1, 0.15) is 12.8 Å². The van der Waals surface area contributed by atoms with Crippen molar-refractivity contribution in [2.24, 2.45) is 23.5 Å². The van der Waals surface area contributed by atoms with Crippen LogP contribution in [0.3, 0.4) is 0 Å². The SMILES string of the molecule is NC12CC3CC1C2C3(F)F. The predicted octanol–water partition coefficient (Wildman–Crippen LogP) is 0.989. The van der Waals surface area contributed by atoms with E-state index in [1.807, 2.05) is 0 Å². The van der Waals surface area contributed by atoms with E-state index in [1.54, 1.807) is 0 Å². The fourth-order valence-corrected chi connectivity index (χ4v) is 3.16. The molecular formula is C7H9F2N. The molecule has 56 valence electrons. The van der Waals surface area contributed by atoms with E-state index in [1.165, 1.54) is 0 Å². The van der Waals surface area contributed by atoms with Gasteiger partial charge in [0.25, 0.3) is 5.92 Å². The topological polar surface area (TPSA) is 26.0 Å². The van der Waals surface area contributed by atoms with Crippen LogP contribution in [0.2, 0.25) is 0 Å². The molecule has 0 aromatic carbocycles. The highest BCUT2D eigenvalue weighted by molar-refractivity contribution is 5.33. The van der Waals surface area contributed by atoms with Gasteiger partial charge in [-0.25, -0.2) is 8.78 Å². The minimum absolute atomic E-state index is 0.174. The number of alkyl halides is 2. The third-order valence-corrected chi connectivity index (χ3v) is 3.66. The zero-order chi connectivity index (χ0) is 7.15. The lowest BCUT2D eigenvalue weighted by Gasteiger charge is -2.11. The average Bonchev–Trinajstić information content (AvgIpc) is 2.16. The molecule has 0 heterocycles. The van der Waals surface area contributed by atoms with Crippen LogP contribution in [0.15, 0.2) is 0 Å². The van der Waals surface area contributed by atoms with E-state index < -0.39 is 17.4 Å². The second-order valence-corrected chi connectivity index (χ2v) is 4.01. The van der Waals surface area contributed by atoms with Gasteiger partial charge in [-0.1, -0.05) is 0 Å². The molecule has 4 atom stereocenters. The third-order valence-electron chi connectivity index (χ3n) is 3.66. The van der Waals surface area contributed by atoms with Crippen molar-refractivity contribution in [3.63, 3.8) is 0 Å². The maximum atomic E-state index is 13.0. The second kappa shape index (κ2) is 1.04. The van der Waals surface area contributed by atoms with Gasteiger partial charge in [0, 0.05) is 17.4 Å². The molecule has 1 nitrogen and oxygen atoms in total. The number of halogens is 2. The Morgan fingerprint density at radius 1 is 1.40 bits per heavy atom. The summed E-state index contributed by atoms with van der Waals surface area (Å²) in [7, 11) is 0. The van der Waals surface area contributed by atoms with Gasteiger partial charge >= 0.3 is 0 Å². The van der Waals surface area contributed by atoms with E-state index in [0.29, 0.717) is 12.8 Å². The van der Waals surface area contributed by atoms with Crippen molar-refractivity contribution in [1.82, 2.24) is 0 Å². The molecule has 0 spiro atoms. The molecule has 3 heteroatoms. The summed E-state index contributed by atoms with van der Waals surface area (Å²) >= 11 is 0. The molecule has 4 unspecified atom stereocenters. The van der Waals surface area contributed by atoms with Crippen molar-refractivity contribution in [2.45, 2.75) is 24.3 Å². The summed E-state index contributed by atoms with van der Waals surface area (Å²) in [6.07, 6.45) is 1.27. The van der Waals surface area contributed by atoms with Gasteiger partial charge < -0.3 is 5.73 Å². The van der Waals surface area contributed by atoms with Gasteiger partial charge in [0.2, 0.25) is 0 Å². The first-order valence-corrected chi connectivity index (χ1v) is 3.73. The second-order valence-electron chi connectivity index (χ2n) is 4.01. The Morgan fingerprint density at radius 3 is 2.20 bits per heavy atom. The maximum absolute atomic E-state index is 13.0. The lowest BCUT2D eigenvalue weighted by Crippen LogP contribution is -2.24. The normalized spacial score (nSPS) is 66.9. The Balaban J connectivity index is 2.13. The number of hydrogen-bond acceptors (Lipinski definition) is 1. The Morgan fingerprint density at radius 2 is 2.10 bits per heavy atom. The molecule has 0 aromatic heterocycles. The Labute approximate surface area is 57.6 Å². The minimum atomic E-state index is -2.40. The van der Waals surface area contributed by atoms with E-state index in [-0.39, 0.29) is 11.8 Å². The maximum Gasteiger partial charge on any atom is 0.255 e. The Bertz CT molecular complexity index is 216. The standard InChI is InChI=1S/C7H9F2N/c8-7(9)3-1-4-5(7)6(4,10)2-3/h3-5H,1-2,10H2. The highest BCUT2D eigenvalue weighted by atomic mass is 19.3. The quantitative estimate of drug-likeness (QED) is 0.540. The summed E-state index contributed by atoms with van der Waals surface area (Å²) in [6.45, 7) is 0. The molecule has 4 saturated carbocycles. The number of hydrogen-bond donors (Lipinski definition) is 1. The van der Waals surface area contributed by atoms with Crippen LogP contribution in [0.4, 0.5) is 8.78 Å². The van der Waals surface area contributed by atoms with Crippen LogP contribution in [0.25, 0.3) is 0 Å². The number of nitrogens with two attached hydrogens (primary N) is 1. The lowest BCUT2D eigenvalue weighted by molar-refractivity contribution is -0.0378. The fraction of sp³-hybridized carbons (Fsp3) is 1.00. The van der Waals surface area contributed by atoms with E-state index in [0.717, 1.165) is 0 Å². The number of rotatable bonds is 0. The smallest absolute Gasteiger partial charge is 0.255 e. The molecule has 0 amide bonds. The summed E-state index contributed by atoms with van der Waals surface area (Å²) in [5.41, 5.74) is 5.31. The van der Waals surface area contributed by atoms with Gasteiger partial charge in [-0.2, -0.15) is 0 Å². The van der Waals surface area contributed by atoms with Crippen LogP contribution in [-0.2, 0) is 0 Å². The Hall–Kier alpha value is -0.180. The van der Waals surface area contributed by atoms with Gasteiger partial charge in [-0.15, -0.1) is 0 Å². The predicted molar refractivity (Wildman–Crippen MR) is 31.6 cm³/mol. The van der Waals surface area contributed by atoms with Gasteiger partial charge in [-0.3, -0.25) is 0 Å². The van der Waals surface area contributed by atoms with Crippen LogP contribution in [0, 0.1) is 17.8 Å². The molecule has 4 aliphatic rings. The molecular weight excluding hydrogens is 136 g/mol. The molecule has 4 rings (SSSR count). The zero-order valence-corrected chi connectivity index (χ0v) is 5.48. The van der Waals surface area contributed by atoms with Gasteiger partial charge in [0.05, 0.1) is 0 Å². The average molecular weight is 145 g/mol. The van der Waals surface area contributed by atoms with Gasteiger partial charge in [0.1, 0.15) is 0 Å². The Kier molecular flexibility index (Phi) is 0.566. The summed E-state index contributed by atoms with van der Waals surface area (Å²) < 4.78 is 26.0. The first kappa shape index (κ1) is 5.47. The van der Waals surface area contributed by atoms with Gasteiger partial charge in [0.15, 0.2) is 0 Å². The largest absolute Gasteiger partial charge is 0.324 e. The van der Waals surface area contributed by atoms with Crippen LogP contribution < -0.4 is 5.73 Å². The molecule has 10 heavy (non-hydrogen) atoms. The summed E-state index contributed by atoms with van der Waals surface area (Å²) in [5, 5.41) is 0. The van der Waals surface area contributed by atoms with Gasteiger partial charge in [-0.05, 0) is 18.8 Å². The molecule has 4 fully saturated rings. The third kappa shape index (κ3) is 0.300. The monoisotopic (exact) mass is 145 g/mol. The molecule has 2 N–H and O–H groups in total. The summed E-state index contributed by atoms with van der Waals surface area (Å²) in [6, 6.07) is 0. The summed E-state index contributed by atoms with van der Waals surface area (Å²) in [4.78, 5) is 0. The van der Waals surface area contributed by atoms with E-state index in [2.05, 4.69) is 0 Å². The van der Waals surface area contributed by atoms with Crippen LogP contribution in [0.5, 0.6) is 0 Å². The highest BCUT2D eigenvalue weighted by Crippen LogP contribution is 2.77. The first-order valence-electron chi connectivity index (χ1n) is 3.73. The van der Waals surface area contributed by atoms with Crippen LogP contribution in [-0.4, -0.2) is 11.5 Å². The van der Waals surface area contributed by atoms with E-state index in [9.17, 15) is 8.78 Å².